The SMILES string of the molecule is CC(C)(C)c1ccc2c(N)ccnc2c1. The summed E-state index contributed by atoms with van der Waals surface area (Å²) in [5.41, 5.74) is 9.08. The Morgan fingerprint density at radius 1 is 1.13 bits per heavy atom. The van der Waals surface area contributed by atoms with Gasteiger partial charge in [0.1, 0.15) is 0 Å². The number of pyridine rings is 1. The van der Waals surface area contributed by atoms with Gasteiger partial charge < -0.3 is 5.73 Å². The maximum atomic E-state index is 5.88. The summed E-state index contributed by atoms with van der Waals surface area (Å²) in [7, 11) is 0. The Balaban J connectivity index is 2.68. The van der Waals surface area contributed by atoms with Crippen LogP contribution in [0.4, 0.5) is 5.69 Å². The van der Waals surface area contributed by atoms with Gasteiger partial charge in [-0.25, -0.2) is 0 Å². The molecule has 2 aromatic rings. The minimum absolute atomic E-state index is 0.153. The monoisotopic (exact) mass is 200 g/mol. The van der Waals surface area contributed by atoms with Crippen LogP contribution in [0.25, 0.3) is 10.9 Å². The van der Waals surface area contributed by atoms with Crippen LogP contribution in [0, 0.1) is 0 Å². The van der Waals surface area contributed by atoms with Gasteiger partial charge in [0.15, 0.2) is 0 Å². The van der Waals surface area contributed by atoms with Gasteiger partial charge in [0.05, 0.1) is 5.52 Å². The van der Waals surface area contributed by atoms with Gasteiger partial charge >= 0.3 is 0 Å². The average Bonchev–Trinajstić information content (AvgIpc) is 2.16. The molecule has 0 saturated carbocycles. The first-order valence-electron chi connectivity index (χ1n) is 5.13. The highest BCUT2D eigenvalue weighted by Crippen LogP contribution is 2.27. The van der Waals surface area contributed by atoms with Crippen molar-refractivity contribution in [2.24, 2.45) is 0 Å². The Morgan fingerprint density at radius 2 is 1.87 bits per heavy atom. The Hall–Kier alpha value is -1.57. The van der Waals surface area contributed by atoms with E-state index in [9.17, 15) is 0 Å². The quantitative estimate of drug-likeness (QED) is 0.709. The second kappa shape index (κ2) is 3.23. The van der Waals surface area contributed by atoms with Crippen molar-refractivity contribution >= 4 is 16.6 Å². The lowest BCUT2D eigenvalue weighted by molar-refractivity contribution is 0.591. The summed E-state index contributed by atoms with van der Waals surface area (Å²) in [5.74, 6) is 0. The van der Waals surface area contributed by atoms with E-state index < -0.39 is 0 Å². The highest BCUT2D eigenvalue weighted by molar-refractivity contribution is 5.90. The van der Waals surface area contributed by atoms with Gasteiger partial charge in [-0.15, -0.1) is 0 Å². The molecule has 1 heterocycles. The third-order valence-corrected chi connectivity index (χ3v) is 2.64. The summed E-state index contributed by atoms with van der Waals surface area (Å²) in [6.45, 7) is 6.58. The molecule has 2 nitrogen and oxygen atoms in total. The Kier molecular flexibility index (Phi) is 2.14. The number of hydrogen-bond acceptors (Lipinski definition) is 2. The molecule has 0 unspecified atom stereocenters. The lowest BCUT2D eigenvalue weighted by Gasteiger charge is -2.19. The molecule has 2 heteroatoms. The molecule has 2 N–H and O–H groups in total. The standard InChI is InChI=1S/C13H16N2/c1-13(2,3)9-4-5-10-11(14)6-7-15-12(10)8-9/h4-8H,1-3H3,(H2,14,15). The van der Waals surface area contributed by atoms with Gasteiger partial charge in [0.2, 0.25) is 0 Å². The smallest absolute Gasteiger partial charge is 0.0725 e. The van der Waals surface area contributed by atoms with Gasteiger partial charge in [-0.2, -0.15) is 0 Å². The van der Waals surface area contributed by atoms with E-state index >= 15 is 0 Å². The van der Waals surface area contributed by atoms with Crippen LogP contribution in [0.15, 0.2) is 30.5 Å². The first-order chi connectivity index (χ1) is 6.98. The third kappa shape index (κ3) is 1.80. The zero-order valence-corrected chi connectivity index (χ0v) is 9.41. The van der Waals surface area contributed by atoms with Crippen molar-refractivity contribution in [2.75, 3.05) is 5.73 Å². The molecular formula is C13H16N2. The molecule has 0 spiro atoms. The predicted octanol–water partition coefficient (Wildman–Crippen LogP) is 3.11. The second-order valence-corrected chi connectivity index (χ2v) is 4.88. The van der Waals surface area contributed by atoms with E-state index in [-0.39, 0.29) is 5.41 Å². The number of hydrogen-bond donors (Lipinski definition) is 1. The maximum absolute atomic E-state index is 5.88. The normalized spacial score (nSPS) is 11.9. The van der Waals surface area contributed by atoms with Crippen LogP contribution in [0.1, 0.15) is 26.3 Å². The van der Waals surface area contributed by atoms with E-state index in [0.717, 1.165) is 16.6 Å². The van der Waals surface area contributed by atoms with E-state index in [1.54, 1.807) is 6.20 Å². The number of nitrogens with zero attached hydrogens (tertiary/aromatic N) is 1. The van der Waals surface area contributed by atoms with Crippen LogP contribution < -0.4 is 5.73 Å². The van der Waals surface area contributed by atoms with Crippen LogP contribution in [0.3, 0.4) is 0 Å². The van der Waals surface area contributed by atoms with Crippen molar-refractivity contribution in [3.63, 3.8) is 0 Å². The molecule has 0 saturated heterocycles. The first-order valence-corrected chi connectivity index (χ1v) is 5.13. The summed E-state index contributed by atoms with van der Waals surface area (Å²) < 4.78 is 0. The molecule has 1 aromatic heterocycles. The van der Waals surface area contributed by atoms with Gasteiger partial charge in [-0.1, -0.05) is 32.9 Å². The van der Waals surface area contributed by atoms with E-state index in [2.05, 4.69) is 44.0 Å². The fraction of sp³-hybridized carbons (Fsp3) is 0.308. The number of rotatable bonds is 0. The van der Waals surface area contributed by atoms with Crippen LogP contribution >= 0.6 is 0 Å². The Labute approximate surface area is 90.1 Å². The molecule has 78 valence electrons. The van der Waals surface area contributed by atoms with E-state index in [1.807, 2.05) is 6.07 Å². The van der Waals surface area contributed by atoms with Gasteiger partial charge in [-0.05, 0) is 23.1 Å². The molecule has 2 rings (SSSR count). The van der Waals surface area contributed by atoms with E-state index in [4.69, 9.17) is 5.73 Å². The van der Waals surface area contributed by atoms with E-state index in [1.165, 1.54) is 5.56 Å². The number of nitrogens with two attached hydrogens (primary N) is 1. The molecule has 0 aliphatic rings. The predicted molar refractivity (Wildman–Crippen MR) is 64.9 cm³/mol. The van der Waals surface area contributed by atoms with Crippen molar-refractivity contribution < 1.29 is 0 Å². The molecule has 0 bridgehead atoms. The molecular weight excluding hydrogens is 184 g/mol. The highest BCUT2D eigenvalue weighted by atomic mass is 14.7. The molecule has 0 fully saturated rings. The van der Waals surface area contributed by atoms with Crippen molar-refractivity contribution in [3.8, 4) is 0 Å². The minimum Gasteiger partial charge on any atom is -0.398 e. The lowest BCUT2D eigenvalue weighted by atomic mass is 9.86. The van der Waals surface area contributed by atoms with Crippen LogP contribution in [0.2, 0.25) is 0 Å². The van der Waals surface area contributed by atoms with Crippen molar-refractivity contribution in [2.45, 2.75) is 26.2 Å². The molecule has 0 amide bonds. The molecule has 0 aliphatic heterocycles. The van der Waals surface area contributed by atoms with Crippen LogP contribution in [-0.2, 0) is 5.41 Å². The molecule has 0 atom stereocenters. The second-order valence-electron chi connectivity index (χ2n) is 4.88. The lowest BCUT2D eigenvalue weighted by Crippen LogP contribution is -2.10. The Morgan fingerprint density at radius 3 is 2.53 bits per heavy atom. The Bertz CT molecular complexity index is 495. The van der Waals surface area contributed by atoms with E-state index in [0.29, 0.717) is 0 Å². The number of aromatic nitrogens is 1. The fourth-order valence-corrected chi connectivity index (χ4v) is 1.64. The zero-order valence-electron chi connectivity index (χ0n) is 9.41. The number of benzene rings is 1. The minimum atomic E-state index is 0.153. The van der Waals surface area contributed by atoms with Crippen molar-refractivity contribution in [3.05, 3.63) is 36.0 Å². The third-order valence-electron chi connectivity index (χ3n) is 2.64. The van der Waals surface area contributed by atoms with Crippen molar-refractivity contribution in [1.29, 1.82) is 0 Å². The summed E-state index contributed by atoms with van der Waals surface area (Å²) in [5, 5.41) is 1.03. The number of anilines is 1. The number of fused-ring (bicyclic) bond motifs is 1. The zero-order chi connectivity index (χ0) is 11.1. The van der Waals surface area contributed by atoms with Crippen LogP contribution in [0.5, 0.6) is 0 Å². The maximum Gasteiger partial charge on any atom is 0.0725 e. The average molecular weight is 200 g/mol. The molecule has 0 radical (unpaired) electrons. The molecule has 1 aromatic carbocycles. The van der Waals surface area contributed by atoms with Crippen LogP contribution in [-0.4, -0.2) is 4.98 Å². The summed E-state index contributed by atoms with van der Waals surface area (Å²) >= 11 is 0. The summed E-state index contributed by atoms with van der Waals surface area (Å²) in [6, 6.07) is 8.13. The van der Waals surface area contributed by atoms with Gasteiger partial charge in [0.25, 0.3) is 0 Å². The summed E-state index contributed by atoms with van der Waals surface area (Å²) in [4.78, 5) is 4.34. The van der Waals surface area contributed by atoms with Gasteiger partial charge in [0, 0.05) is 17.3 Å². The number of nitrogen functional groups attached to an aromatic ring is 1. The topological polar surface area (TPSA) is 38.9 Å². The highest BCUT2D eigenvalue weighted by Gasteiger charge is 2.14. The molecule has 0 aliphatic carbocycles. The van der Waals surface area contributed by atoms with Gasteiger partial charge in [-0.3, -0.25) is 4.98 Å². The molecule has 15 heavy (non-hydrogen) atoms. The fourth-order valence-electron chi connectivity index (χ4n) is 1.64. The van der Waals surface area contributed by atoms with Crippen molar-refractivity contribution in [1.82, 2.24) is 4.98 Å². The largest absolute Gasteiger partial charge is 0.398 e. The first kappa shape index (κ1) is 9.97. The summed E-state index contributed by atoms with van der Waals surface area (Å²) in [6.07, 6.45) is 1.75.